The van der Waals surface area contributed by atoms with Gasteiger partial charge in [0.1, 0.15) is 5.75 Å². The standard InChI is InChI=1S/C18H17NO3S/c1-19(17-9-5-6-10-18(17)22-2)23(20,21)16-12-11-14-7-3-4-8-15(14)13-16/h3-13H,1-2H3. The van der Waals surface area contributed by atoms with Gasteiger partial charge in [0.15, 0.2) is 0 Å². The summed E-state index contributed by atoms with van der Waals surface area (Å²) < 4.78 is 32.3. The molecule has 0 aliphatic rings. The lowest BCUT2D eigenvalue weighted by Crippen LogP contribution is -2.26. The lowest BCUT2D eigenvalue weighted by molar-refractivity contribution is 0.416. The number of ether oxygens (including phenoxy) is 1. The second kappa shape index (κ2) is 5.93. The van der Waals surface area contributed by atoms with Crippen LogP contribution in [0.3, 0.4) is 0 Å². The van der Waals surface area contributed by atoms with Crippen molar-refractivity contribution in [3.05, 3.63) is 66.7 Å². The molecule has 3 aromatic carbocycles. The SMILES string of the molecule is COc1ccccc1N(C)S(=O)(=O)c1ccc2ccccc2c1. The molecule has 0 N–H and O–H groups in total. The van der Waals surface area contributed by atoms with Crippen molar-refractivity contribution in [3.8, 4) is 5.75 Å². The summed E-state index contributed by atoms with van der Waals surface area (Å²) in [5.74, 6) is 0.513. The van der Waals surface area contributed by atoms with E-state index < -0.39 is 10.0 Å². The lowest BCUT2D eigenvalue weighted by atomic mass is 10.1. The molecule has 0 spiro atoms. The summed E-state index contributed by atoms with van der Waals surface area (Å²) >= 11 is 0. The highest BCUT2D eigenvalue weighted by Crippen LogP contribution is 2.31. The maximum Gasteiger partial charge on any atom is 0.264 e. The molecule has 0 atom stereocenters. The molecule has 0 aromatic heterocycles. The Labute approximate surface area is 136 Å². The molecule has 0 amide bonds. The van der Waals surface area contributed by atoms with Gasteiger partial charge in [-0.05, 0) is 35.0 Å². The molecule has 118 valence electrons. The van der Waals surface area contributed by atoms with Gasteiger partial charge in [0.2, 0.25) is 0 Å². The number of hydrogen-bond acceptors (Lipinski definition) is 3. The molecule has 23 heavy (non-hydrogen) atoms. The number of hydrogen-bond donors (Lipinski definition) is 0. The second-order valence-electron chi connectivity index (χ2n) is 5.15. The van der Waals surface area contributed by atoms with Crippen molar-refractivity contribution in [3.63, 3.8) is 0 Å². The van der Waals surface area contributed by atoms with Crippen LogP contribution < -0.4 is 9.04 Å². The van der Waals surface area contributed by atoms with Crippen molar-refractivity contribution >= 4 is 26.5 Å². The Morgan fingerprint density at radius 2 is 1.52 bits per heavy atom. The van der Waals surface area contributed by atoms with Crippen LogP contribution >= 0.6 is 0 Å². The first-order chi connectivity index (χ1) is 11.0. The first-order valence-corrected chi connectivity index (χ1v) is 8.59. The minimum atomic E-state index is -3.66. The Balaban J connectivity index is 2.08. The summed E-state index contributed by atoms with van der Waals surface area (Å²) in [5.41, 5.74) is 0.503. The molecule has 0 saturated heterocycles. The Morgan fingerprint density at radius 3 is 2.26 bits per heavy atom. The number of nitrogens with zero attached hydrogens (tertiary/aromatic N) is 1. The van der Waals surface area contributed by atoms with E-state index in [9.17, 15) is 8.42 Å². The van der Waals surface area contributed by atoms with E-state index >= 15 is 0 Å². The predicted molar refractivity (Wildman–Crippen MR) is 92.5 cm³/mol. The minimum Gasteiger partial charge on any atom is -0.495 e. The van der Waals surface area contributed by atoms with Gasteiger partial charge in [0.05, 0.1) is 17.7 Å². The van der Waals surface area contributed by atoms with Crippen molar-refractivity contribution in [1.82, 2.24) is 0 Å². The van der Waals surface area contributed by atoms with Crippen LogP contribution in [0, 0.1) is 0 Å². The summed E-state index contributed by atoms with van der Waals surface area (Å²) in [5, 5.41) is 1.90. The Morgan fingerprint density at radius 1 is 0.870 bits per heavy atom. The molecule has 0 heterocycles. The number of benzene rings is 3. The highest BCUT2D eigenvalue weighted by molar-refractivity contribution is 7.92. The second-order valence-corrected chi connectivity index (χ2v) is 7.12. The van der Waals surface area contributed by atoms with E-state index in [1.54, 1.807) is 36.4 Å². The zero-order chi connectivity index (χ0) is 16.4. The zero-order valence-electron chi connectivity index (χ0n) is 12.9. The number of para-hydroxylation sites is 2. The molecule has 0 aliphatic heterocycles. The molecule has 3 rings (SSSR count). The van der Waals surface area contributed by atoms with Crippen LogP contribution in [-0.2, 0) is 10.0 Å². The highest BCUT2D eigenvalue weighted by atomic mass is 32.2. The fraction of sp³-hybridized carbons (Fsp3) is 0.111. The third kappa shape index (κ3) is 2.75. The van der Waals surface area contributed by atoms with Gasteiger partial charge in [0, 0.05) is 7.05 Å². The van der Waals surface area contributed by atoms with E-state index in [4.69, 9.17) is 4.74 Å². The van der Waals surface area contributed by atoms with Gasteiger partial charge in [-0.1, -0.05) is 42.5 Å². The molecular formula is C18H17NO3S. The molecule has 0 saturated carbocycles. The van der Waals surface area contributed by atoms with Crippen LogP contribution in [-0.4, -0.2) is 22.6 Å². The van der Waals surface area contributed by atoms with Crippen LogP contribution in [0.25, 0.3) is 10.8 Å². The quantitative estimate of drug-likeness (QED) is 0.734. The summed E-state index contributed by atoms with van der Waals surface area (Å²) in [6, 6.07) is 19.9. The average molecular weight is 327 g/mol. The molecule has 0 unspecified atom stereocenters. The maximum absolute atomic E-state index is 12.9. The maximum atomic E-state index is 12.9. The van der Waals surface area contributed by atoms with E-state index in [0.717, 1.165) is 10.8 Å². The lowest BCUT2D eigenvalue weighted by Gasteiger charge is -2.21. The number of anilines is 1. The highest BCUT2D eigenvalue weighted by Gasteiger charge is 2.23. The predicted octanol–water partition coefficient (Wildman–Crippen LogP) is 3.67. The molecule has 0 radical (unpaired) electrons. The number of methoxy groups -OCH3 is 1. The molecular weight excluding hydrogens is 310 g/mol. The molecule has 3 aromatic rings. The summed E-state index contributed by atoms with van der Waals surface area (Å²) in [4.78, 5) is 0.254. The van der Waals surface area contributed by atoms with Crippen LogP contribution in [0.1, 0.15) is 0 Å². The van der Waals surface area contributed by atoms with Gasteiger partial charge in [-0.3, -0.25) is 4.31 Å². The van der Waals surface area contributed by atoms with Crippen molar-refractivity contribution in [1.29, 1.82) is 0 Å². The molecule has 0 fully saturated rings. The van der Waals surface area contributed by atoms with Gasteiger partial charge < -0.3 is 4.74 Å². The van der Waals surface area contributed by atoms with Gasteiger partial charge in [-0.25, -0.2) is 8.42 Å². The van der Waals surface area contributed by atoms with Gasteiger partial charge in [-0.2, -0.15) is 0 Å². The van der Waals surface area contributed by atoms with Crippen molar-refractivity contribution in [2.45, 2.75) is 4.90 Å². The van der Waals surface area contributed by atoms with Crippen LogP contribution in [0.2, 0.25) is 0 Å². The monoisotopic (exact) mass is 327 g/mol. The van der Waals surface area contributed by atoms with Gasteiger partial charge in [0.25, 0.3) is 10.0 Å². The Bertz CT molecular complexity index is 951. The van der Waals surface area contributed by atoms with Crippen LogP contribution in [0.5, 0.6) is 5.75 Å². The smallest absolute Gasteiger partial charge is 0.264 e. The molecule has 0 bridgehead atoms. The van der Waals surface area contributed by atoms with Crippen molar-refractivity contribution < 1.29 is 13.2 Å². The summed E-state index contributed by atoms with van der Waals surface area (Å²) in [7, 11) is -0.609. The van der Waals surface area contributed by atoms with Gasteiger partial charge >= 0.3 is 0 Å². The average Bonchev–Trinajstić information content (AvgIpc) is 2.60. The fourth-order valence-corrected chi connectivity index (χ4v) is 3.75. The van der Waals surface area contributed by atoms with Crippen LogP contribution in [0.15, 0.2) is 71.6 Å². The van der Waals surface area contributed by atoms with Crippen LogP contribution in [0.4, 0.5) is 5.69 Å². The van der Waals surface area contributed by atoms with Gasteiger partial charge in [-0.15, -0.1) is 0 Å². The van der Waals surface area contributed by atoms with E-state index in [1.165, 1.54) is 18.5 Å². The van der Waals surface area contributed by atoms with E-state index in [1.807, 2.05) is 30.3 Å². The van der Waals surface area contributed by atoms with E-state index in [-0.39, 0.29) is 4.90 Å². The van der Waals surface area contributed by atoms with E-state index in [0.29, 0.717) is 11.4 Å². The molecule has 0 aliphatic carbocycles. The Hall–Kier alpha value is -2.53. The number of rotatable bonds is 4. The first kappa shape index (κ1) is 15.4. The third-order valence-corrected chi connectivity index (χ3v) is 5.57. The fourth-order valence-electron chi connectivity index (χ4n) is 2.51. The number of fused-ring (bicyclic) bond motifs is 1. The molecule has 5 heteroatoms. The topological polar surface area (TPSA) is 46.6 Å². The first-order valence-electron chi connectivity index (χ1n) is 7.15. The number of sulfonamides is 1. The Kier molecular flexibility index (Phi) is 3.96. The summed E-state index contributed by atoms with van der Waals surface area (Å²) in [6.45, 7) is 0. The summed E-state index contributed by atoms with van der Waals surface area (Å²) in [6.07, 6.45) is 0. The minimum absolute atomic E-state index is 0.254. The zero-order valence-corrected chi connectivity index (χ0v) is 13.7. The molecule has 4 nitrogen and oxygen atoms in total. The normalized spacial score (nSPS) is 11.4. The third-order valence-electron chi connectivity index (χ3n) is 3.80. The largest absolute Gasteiger partial charge is 0.495 e. The van der Waals surface area contributed by atoms with Crippen molar-refractivity contribution in [2.24, 2.45) is 0 Å². The van der Waals surface area contributed by atoms with E-state index in [2.05, 4.69) is 0 Å². The van der Waals surface area contributed by atoms with Crippen molar-refractivity contribution in [2.75, 3.05) is 18.5 Å².